The van der Waals surface area contributed by atoms with Gasteiger partial charge in [-0.1, -0.05) is 0 Å². The zero-order chi connectivity index (χ0) is 9.35. The molecule has 5 heteroatoms. The van der Waals surface area contributed by atoms with Crippen LogP contribution in [0.3, 0.4) is 0 Å². The molecule has 0 saturated carbocycles. The summed E-state index contributed by atoms with van der Waals surface area (Å²) in [5, 5.41) is 8.74. The molecule has 66 valence electrons. The van der Waals surface area contributed by atoms with Gasteiger partial charge in [0.15, 0.2) is 0 Å². The van der Waals surface area contributed by atoms with Crippen LogP contribution in [0.15, 0.2) is 12.3 Å². The highest BCUT2D eigenvalue weighted by molar-refractivity contribution is 5.29. The fourth-order valence-electron chi connectivity index (χ4n) is 0.809. The Balaban J connectivity index is 3.23. The number of hydrogen-bond acceptors (Lipinski definition) is 2. The molecule has 1 aromatic heterocycles. The third-order valence-corrected chi connectivity index (χ3v) is 1.38. The van der Waals surface area contributed by atoms with E-state index in [2.05, 4.69) is 4.98 Å². The van der Waals surface area contributed by atoms with Gasteiger partial charge in [0.05, 0.1) is 11.8 Å². The van der Waals surface area contributed by atoms with Gasteiger partial charge in [-0.15, -0.1) is 0 Å². The zero-order valence-electron chi connectivity index (χ0n) is 6.18. The average Bonchev–Trinajstić information content (AvgIpc) is 1.92. The Morgan fingerprint density at radius 2 is 2.00 bits per heavy atom. The van der Waals surface area contributed by atoms with Crippen molar-refractivity contribution in [1.82, 2.24) is 4.98 Å². The summed E-state index contributed by atoms with van der Waals surface area (Å²) in [5.74, 6) is -0.479. The Labute approximate surface area is 66.7 Å². The standard InChI is InChI=1S/C7H6F3NO/c1-4-6(7(8,9)10)2-5(12)3-11-4/h2-3,12H,1H3. The number of aromatic hydroxyl groups is 1. The molecule has 0 aliphatic carbocycles. The van der Waals surface area contributed by atoms with E-state index in [0.29, 0.717) is 6.07 Å². The average molecular weight is 177 g/mol. The quantitative estimate of drug-likeness (QED) is 0.658. The van der Waals surface area contributed by atoms with Crippen molar-refractivity contribution in [2.24, 2.45) is 0 Å². The third kappa shape index (κ3) is 1.66. The minimum absolute atomic E-state index is 0.139. The van der Waals surface area contributed by atoms with Crippen molar-refractivity contribution >= 4 is 0 Å². The van der Waals surface area contributed by atoms with Gasteiger partial charge in [0, 0.05) is 5.69 Å². The summed E-state index contributed by atoms with van der Waals surface area (Å²) in [6.07, 6.45) is -3.47. The van der Waals surface area contributed by atoms with E-state index in [1.54, 1.807) is 0 Å². The third-order valence-electron chi connectivity index (χ3n) is 1.38. The van der Waals surface area contributed by atoms with Crippen molar-refractivity contribution in [1.29, 1.82) is 0 Å². The van der Waals surface area contributed by atoms with E-state index in [9.17, 15) is 13.2 Å². The summed E-state index contributed by atoms with van der Waals surface area (Å²) < 4.78 is 36.2. The van der Waals surface area contributed by atoms with E-state index in [1.165, 1.54) is 6.92 Å². The molecule has 0 amide bonds. The molecule has 0 aromatic carbocycles. The molecule has 0 spiro atoms. The van der Waals surface area contributed by atoms with Gasteiger partial charge in [0.2, 0.25) is 0 Å². The molecule has 2 nitrogen and oxygen atoms in total. The first-order valence-corrected chi connectivity index (χ1v) is 3.14. The second-order valence-electron chi connectivity index (χ2n) is 2.32. The fourth-order valence-corrected chi connectivity index (χ4v) is 0.809. The number of aryl methyl sites for hydroxylation is 1. The van der Waals surface area contributed by atoms with E-state index in [-0.39, 0.29) is 5.69 Å². The van der Waals surface area contributed by atoms with E-state index in [4.69, 9.17) is 5.11 Å². The first-order valence-electron chi connectivity index (χ1n) is 3.14. The Hall–Kier alpha value is -1.26. The first-order chi connectivity index (χ1) is 5.41. The molecule has 0 aliphatic heterocycles. The second-order valence-corrected chi connectivity index (χ2v) is 2.32. The Morgan fingerprint density at radius 3 is 2.42 bits per heavy atom. The van der Waals surface area contributed by atoms with Gasteiger partial charge in [0.1, 0.15) is 5.75 Å². The molecule has 0 saturated heterocycles. The molecule has 1 heterocycles. The van der Waals surface area contributed by atoms with Gasteiger partial charge in [0.25, 0.3) is 0 Å². The molecule has 1 N–H and O–H groups in total. The normalized spacial score (nSPS) is 11.7. The number of pyridine rings is 1. The van der Waals surface area contributed by atoms with Gasteiger partial charge < -0.3 is 5.11 Å². The smallest absolute Gasteiger partial charge is 0.418 e. The van der Waals surface area contributed by atoms with Crippen LogP contribution in [-0.4, -0.2) is 10.1 Å². The van der Waals surface area contributed by atoms with E-state index in [1.807, 2.05) is 0 Å². The predicted molar refractivity (Wildman–Crippen MR) is 35.6 cm³/mol. The summed E-state index contributed by atoms with van der Waals surface area (Å²) in [4.78, 5) is 3.38. The topological polar surface area (TPSA) is 33.1 Å². The lowest BCUT2D eigenvalue weighted by molar-refractivity contribution is -0.138. The lowest BCUT2D eigenvalue weighted by Gasteiger charge is -2.08. The van der Waals surface area contributed by atoms with E-state index >= 15 is 0 Å². The van der Waals surface area contributed by atoms with Crippen molar-refractivity contribution in [2.45, 2.75) is 13.1 Å². The van der Waals surface area contributed by atoms with Crippen LogP contribution in [0.2, 0.25) is 0 Å². The minimum Gasteiger partial charge on any atom is -0.506 e. The fraction of sp³-hybridized carbons (Fsp3) is 0.286. The highest BCUT2D eigenvalue weighted by atomic mass is 19.4. The second kappa shape index (κ2) is 2.66. The maximum atomic E-state index is 12.1. The molecule has 0 radical (unpaired) electrons. The van der Waals surface area contributed by atoms with E-state index < -0.39 is 17.5 Å². The molecule has 0 aliphatic rings. The Kier molecular flexibility index (Phi) is 1.95. The van der Waals surface area contributed by atoms with Crippen molar-refractivity contribution in [3.05, 3.63) is 23.5 Å². The maximum Gasteiger partial charge on any atom is 0.418 e. The minimum atomic E-state index is -4.45. The SMILES string of the molecule is Cc1ncc(O)cc1C(F)(F)F. The molecule has 1 aromatic rings. The molecule has 0 unspecified atom stereocenters. The summed E-state index contributed by atoms with van der Waals surface area (Å²) >= 11 is 0. The lowest BCUT2D eigenvalue weighted by atomic mass is 10.2. The maximum absolute atomic E-state index is 12.1. The lowest BCUT2D eigenvalue weighted by Crippen LogP contribution is -2.08. The predicted octanol–water partition coefficient (Wildman–Crippen LogP) is 2.11. The first kappa shape index (κ1) is 8.83. The summed E-state index contributed by atoms with van der Waals surface area (Å²) in [6.45, 7) is 1.24. The molecular weight excluding hydrogens is 171 g/mol. The van der Waals surface area contributed by atoms with Crippen LogP contribution >= 0.6 is 0 Å². The highest BCUT2D eigenvalue weighted by Crippen LogP contribution is 2.32. The van der Waals surface area contributed by atoms with Gasteiger partial charge in [-0.2, -0.15) is 13.2 Å². The number of halogens is 3. The molecule has 1 rings (SSSR count). The van der Waals surface area contributed by atoms with Gasteiger partial charge >= 0.3 is 6.18 Å². The van der Waals surface area contributed by atoms with Crippen LogP contribution in [-0.2, 0) is 6.18 Å². The summed E-state index contributed by atoms with van der Waals surface area (Å²) in [7, 11) is 0. The van der Waals surface area contributed by atoms with Gasteiger partial charge in [-0.05, 0) is 13.0 Å². The van der Waals surface area contributed by atoms with Crippen molar-refractivity contribution in [3.8, 4) is 5.75 Å². The van der Waals surface area contributed by atoms with E-state index in [0.717, 1.165) is 6.20 Å². The number of rotatable bonds is 0. The van der Waals surface area contributed by atoms with Crippen molar-refractivity contribution < 1.29 is 18.3 Å². The highest BCUT2D eigenvalue weighted by Gasteiger charge is 2.33. The monoisotopic (exact) mass is 177 g/mol. The van der Waals surface area contributed by atoms with Crippen LogP contribution in [0.5, 0.6) is 5.75 Å². The zero-order valence-corrected chi connectivity index (χ0v) is 6.18. The number of hydrogen-bond donors (Lipinski definition) is 1. The molecule has 12 heavy (non-hydrogen) atoms. The Bertz CT molecular complexity index is 295. The van der Waals surface area contributed by atoms with Crippen LogP contribution in [0, 0.1) is 6.92 Å². The van der Waals surface area contributed by atoms with Gasteiger partial charge in [-0.3, -0.25) is 4.98 Å². The van der Waals surface area contributed by atoms with Gasteiger partial charge in [-0.25, -0.2) is 0 Å². The number of alkyl halides is 3. The van der Waals surface area contributed by atoms with Crippen LogP contribution in [0.4, 0.5) is 13.2 Å². The van der Waals surface area contributed by atoms with Crippen molar-refractivity contribution in [3.63, 3.8) is 0 Å². The number of nitrogens with zero attached hydrogens (tertiary/aromatic N) is 1. The molecular formula is C7H6F3NO. The largest absolute Gasteiger partial charge is 0.506 e. The summed E-state index contributed by atoms with van der Waals surface area (Å²) in [5.41, 5.74) is -1.04. The number of aromatic nitrogens is 1. The molecule has 0 fully saturated rings. The van der Waals surface area contributed by atoms with Crippen LogP contribution in [0.25, 0.3) is 0 Å². The Morgan fingerprint density at radius 1 is 1.42 bits per heavy atom. The van der Waals surface area contributed by atoms with Crippen LogP contribution < -0.4 is 0 Å². The van der Waals surface area contributed by atoms with Crippen LogP contribution in [0.1, 0.15) is 11.3 Å². The molecule has 0 atom stereocenters. The van der Waals surface area contributed by atoms with Crippen molar-refractivity contribution in [2.75, 3.05) is 0 Å². The summed E-state index contributed by atoms with van der Waals surface area (Å²) in [6, 6.07) is 0.655. The molecule has 0 bridgehead atoms.